The van der Waals surface area contributed by atoms with Crippen molar-refractivity contribution in [1.29, 1.82) is 0 Å². The van der Waals surface area contributed by atoms with Gasteiger partial charge in [-0.3, -0.25) is 4.79 Å². The average Bonchev–Trinajstić information content (AvgIpc) is 2.04. The van der Waals surface area contributed by atoms with E-state index in [0.29, 0.717) is 13.0 Å². The van der Waals surface area contributed by atoms with Crippen molar-refractivity contribution in [2.45, 2.75) is 13.3 Å². The largest absolute Gasteiger partial charge is 0.396 e. The van der Waals surface area contributed by atoms with E-state index in [0.717, 1.165) is 11.5 Å². The lowest BCUT2D eigenvalue weighted by atomic mass is 10.4. The second-order valence-corrected chi connectivity index (χ2v) is 3.26. The van der Waals surface area contributed by atoms with Crippen LogP contribution in [0.15, 0.2) is 0 Å². The van der Waals surface area contributed by atoms with Gasteiger partial charge < -0.3 is 10.4 Å². The maximum atomic E-state index is 10.7. The van der Waals surface area contributed by atoms with Gasteiger partial charge in [0.1, 0.15) is 0 Å². The van der Waals surface area contributed by atoms with E-state index in [2.05, 4.69) is 5.32 Å². The second-order valence-electron chi connectivity index (χ2n) is 2.04. The minimum atomic E-state index is 0.0922. The van der Waals surface area contributed by atoms with Gasteiger partial charge in [-0.1, -0.05) is 6.92 Å². The molecule has 0 aromatic rings. The molecule has 0 heterocycles. The van der Waals surface area contributed by atoms with E-state index in [4.69, 9.17) is 5.11 Å². The Labute approximate surface area is 71.6 Å². The number of thioether (sulfide) groups is 1. The van der Waals surface area contributed by atoms with Crippen LogP contribution in [0.1, 0.15) is 13.3 Å². The molecule has 2 N–H and O–H groups in total. The maximum absolute atomic E-state index is 10.7. The standard InChI is InChI=1S/C7H15NO2S/c1-2-7(10)8-3-5-11-6-4-9/h9H,2-6H2,1H3,(H,8,10). The summed E-state index contributed by atoms with van der Waals surface area (Å²) >= 11 is 1.64. The Hall–Kier alpha value is -0.220. The molecule has 0 aromatic heterocycles. The maximum Gasteiger partial charge on any atom is 0.219 e. The van der Waals surface area contributed by atoms with E-state index in [9.17, 15) is 4.79 Å². The molecule has 1 amide bonds. The molecule has 0 unspecified atom stereocenters. The topological polar surface area (TPSA) is 49.3 Å². The SMILES string of the molecule is CCC(=O)NCCSCCO. The Kier molecular flexibility index (Phi) is 7.72. The van der Waals surface area contributed by atoms with Crippen molar-refractivity contribution in [2.75, 3.05) is 24.7 Å². The molecule has 0 atom stereocenters. The number of hydrogen-bond donors (Lipinski definition) is 2. The Bertz CT molecular complexity index is 109. The lowest BCUT2D eigenvalue weighted by molar-refractivity contribution is -0.120. The summed E-state index contributed by atoms with van der Waals surface area (Å²) in [5, 5.41) is 11.2. The third-order valence-electron chi connectivity index (χ3n) is 1.13. The van der Waals surface area contributed by atoms with Gasteiger partial charge in [0.25, 0.3) is 0 Å². The molecule has 3 nitrogen and oxygen atoms in total. The first-order valence-electron chi connectivity index (χ1n) is 3.76. The third kappa shape index (κ3) is 7.68. The van der Waals surface area contributed by atoms with Gasteiger partial charge >= 0.3 is 0 Å². The Morgan fingerprint density at radius 2 is 2.27 bits per heavy atom. The van der Waals surface area contributed by atoms with Crippen LogP contribution in [-0.2, 0) is 4.79 Å². The van der Waals surface area contributed by atoms with Crippen LogP contribution in [0, 0.1) is 0 Å². The zero-order chi connectivity index (χ0) is 8.53. The predicted octanol–water partition coefficient (Wildman–Crippen LogP) is 0.238. The van der Waals surface area contributed by atoms with E-state index in [1.54, 1.807) is 11.8 Å². The molecule has 0 aliphatic carbocycles. The van der Waals surface area contributed by atoms with E-state index in [-0.39, 0.29) is 12.5 Å². The fourth-order valence-corrected chi connectivity index (χ4v) is 1.13. The molecule has 0 aliphatic rings. The van der Waals surface area contributed by atoms with Crippen LogP contribution in [0.4, 0.5) is 0 Å². The van der Waals surface area contributed by atoms with Gasteiger partial charge in [0, 0.05) is 24.5 Å². The highest BCUT2D eigenvalue weighted by molar-refractivity contribution is 7.99. The highest BCUT2D eigenvalue weighted by atomic mass is 32.2. The summed E-state index contributed by atoms with van der Waals surface area (Å²) in [5.41, 5.74) is 0. The number of aliphatic hydroxyl groups is 1. The highest BCUT2D eigenvalue weighted by Crippen LogP contribution is 1.95. The fraction of sp³-hybridized carbons (Fsp3) is 0.857. The van der Waals surface area contributed by atoms with Crippen LogP contribution in [0.3, 0.4) is 0 Å². The molecule has 0 radical (unpaired) electrons. The monoisotopic (exact) mass is 177 g/mol. The number of aliphatic hydroxyl groups excluding tert-OH is 1. The summed E-state index contributed by atoms with van der Waals surface area (Å²) in [6.45, 7) is 2.75. The molecule has 11 heavy (non-hydrogen) atoms. The molecule has 0 aliphatic heterocycles. The first-order chi connectivity index (χ1) is 5.31. The van der Waals surface area contributed by atoms with Gasteiger partial charge in [0.2, 0.25) is 5.91 Å². The van der Waals surface area contributed by atoms with E-state index in [1.807, 2.05) is 6.92 Å². The van der Waals surface area contributed by atoms with Crippen LogP contribution in [0.25, 0.3) is 0 Å². The Morgan fingerprint density at radius 1 is 1.55 bits per heavy atom. The first kappa shape index (κ1) is 10.8. The van der Waals surface area contributed by atoms with Crippen molar-refractivity contribution in [3.8, 4) is 0 Å². The van der Waals surface area contributed by atoms with Crippen LogP contribution in [0.5, 0.6) is 0 Å². The number of nitrogens with one attached hydrogen (secondary N) is 1. The van der Waals surface area contributed by atoms with E-state index >= 15 is 0 Å². The highest BCUT2D eigenvalue weighted by Gasteiger charge is 1.93. The van der Waals surface area contributed by atoms with Gasteiger partial charge in [-0.05, 0) is 0 Å². The summed E-state index contributed by atoms with van der Waals surface area (Å²) in [4.78, 5) is 10.7. The smallest absolute Gasteiger partial charge is 0.219 e. The number of carbonyl (C=O) groups is 1. The molecule has 0 rings (SSSR count). The molecule has 0 bridgehead atoms. The van der Waals surface area contributed by atoms with Crippen molar-refractivity contribution in [2.24, 2.45) is 0 Å². The van der Waals surface area contributed by atoms with Gasteiger partial charge in [0.05, 0.1) is 6.61 Å². The minimum Gasteiger partial charge on any atom is -0.396 e. The molecule has 0 saturated carbocycles. The Balaban J connectivity index is 2.95. The van der Waals surface area contributed by atoms with Crippen LogP contribution >= 0.6 is 11.8 Å². The van der Waals surface area contributed by atoms with E-state index < -0.39 is 0 Å². The molecule has 0 fully saturated rings. The number of rotatable bonds is 6. The van der Waals surface area contributed by atoms with Crippen LogP contribution in [-0.4, -0.2) is 35.7 Å². The zero-order valence-electron chi connectivity index (χ0n) is 6.80. The minimum absolute atomic E-state index is 0.0922. The summed E-state index contributed by atoms with van der Waals surface area (Å²) in [6.07, 6.45) is 0.546. The molecule has 66 valence electrons. The zero-order valence-corrected chi connectivity index (χ0v) is 7.62. The number of carbonyl (C=O) groups excluding carboxylic acids is 1. The van der Waals surface area contributed by atoms with Crippen molar-refractivity contribution >= 4 is 17.7 Å². The van der Waals surface area contributed by atoms with Gasteiger partial charge in [0.15, 0.2) is 0 Å². The quantitative estimate of drug-likeness (QED) is 0.571. The van der Waals surface area contributed by atoms with Crippen molar-refractivity contribution in [1.82, 2.24) is 5.32 Å². The average molecular weight is 177 g/mol. The lowest BCUT2D eigenvalue weighted by Gasteiger charge is -2.01. The van der Waals surface area contributed by atoms with Crippen molar-refractivity contribution < 1.29 is 9.90 Å². The first-order valence-corrected chi connectivity index (χ1v) is 4.92. The molecule has 0 saturated heterocycles. The molecule has 4 heteroatoms. The van der Waals surface area contributed by atoms with Crippen molar-refractivity contribution in [3.05, 3.63) is 0 Å². The summed E-state index contributed by atoms with van der Waals surface area (Å²) in [6, 6.07) is 0. The number of hydrogen-bond acceptors (Lipinski definition) is 3. The second kappa shape index (κ2) is 7.88. The van der Waals surface area contributed by atoms with Crippen molar-refractivity contribution in [3.63, 3.8) is 0 Å². The lowest BCUT2D eigenvalue weighted by Crippen LogP contribution is -2.24. The van der Waals surface area contributed by atoms with Crippen LogP contribution in [0.2, 0.25) is 0 Å². The summed E-state index contributed by atoms with van der Waals surface area (Å²) in [5.74, 6) is 1.73. The Morgan fingerprint density at radius 3 is 2.82 bits per heavy atom. The van der Waals surface area contributed by atoms with E-state index in [1.165, 1.54) is 0 Å². The molecular weight excluding hydrogens is 162 g/mol. The van der Waals surface area contributed by atoms with Crippen LogP contribution < -0.4 is 5.32 Å². The number of amides is 1. The molecule has 0 aromatic carbocycles. The third-order valence-corrected chi connectivity index (χ3v) is 2.09. The normalized spacial score (nSPS) is 9.64. The van der Waals surface area contributed by atoms with Gasteiger partial charge in [-0.2, -0.15) is 11.8 Å². The summed E-state index contributed by atoms with van der Waals surface area (Å²) < 4.78 is 0. The summed E-state index contributed by atoms with van der Waals surface area (Å²) in [7, 11) is 0. The predicted molar refractivity (Wildman–Crippen MR) is 47.7 cm³/mol. The van der Waals surface area contributed by atoms with Gasteiger partial charge in [-0.15, -0.1) is 0 Å². The fourth-order valence-electron chi connectivity index (χ4n) is 0.554. The van der Waals surface area contributed by atoms with Gasteiger partial charge in [-0.25, -0.2) is 0 Å². The molecular formula is C7H15NO2S. The molecule has 0 spiro atoms.